The van der Waals surface area contributed by atoms with E-state index in [0.717, 1.165) is 12.0 Å². The summed E-state index contributed by atoms with van der Waals surface area (Å²) in [5, 5.41) is 12.8. The predicted octanol–water partition coefficient (Wildman–Crippen LogP) is 3.85. The molecule has 0 aliphatic heterocycles. The highest BCUT2D eigenvalue weighted by atomic mass is 19.4. The molecule has 1 aromatic carbocycles. The number of aliphatic hydroxyl groups is 1. The van der Waals surface area contributed by atoms with Gasteiger partial charge in [0, 0.05) is 13.0 Å². The summed E-state index contributed by atoms with van der Waals surface area (Å²) in [5.41, 5.74) is 2.00. The van der Waals surface area contributed by atoms with E-state index in [9.17, 15) is 18.3 Å². The quantitative estimate of drug-likeness (QED) is 0.715. The van der Waals surface area contributed by atoms with Gasteiger partial charge < -0.3 is 10.4 Å². The summed E-state index contributed by atoms with van der Waals surface area (Å²) in [5.74, 6) is 0.580. The average molecular weight is 303 g/mol. The summed E-state index contributed by atoms with van der Waals surface area (Å²) in [6, 6.07) is 7.73. The first kappa shape index (κ1) is 18.0. The lowest BCUT2D eigenvalue weighted by molar-refractivity contribution is -0.135. The SMILES string of the molecule is CC(C)Cc1ccc(C(O)CNCCCC(F)(F)F)cc1. The van der Waals surface area contributed by atoms with E-state index >= 15 is 0 Å². The Morgan fingerprint density at radius 3 is 2.29 bits per heavy atom. The Morgan fingerprint density at radius 2 is 1.76 bits per heavy atom. The van der Waals surface area contributed by atoms with E-state index < -0.39 is 18.7 Å². The van der Waals surface area contributed by atoms with Crippen LogP contribution < -0.4 is 5.32 Å². The summed E-state index contributed by atoms with van der Waals surface area (Å²) in [6.07, 6.45) is -4.56. The molecule has 0 bridgehead atoms. The molecule has 120 valence electrons. The number of nitrogens with one attached hydrogen (secondary N) is 1. The minimum absolute atomic E-state index is 0.0313. The molecule has 1 atom stereocenters. The highest BCUT2D eigenvalue weighted by Gasteiger charge is 2.25. The van der Waals surface area contributed by atoms with Crippen LogP contribution >= 0.6 is 0 Å². The van der Waals surface area contributed by atoms with Gasteiger partial charge in [0.1, 0.15) is 0 Å². The van der Waals surface area contributed by atoms with Crippen molar-refractivity contribution in [1.29, 1.82) is 0 Å². The summed E-state index contributed by atoms with van der Waals surface area (Å²) >= 11 is 0. The Hall–Kier alpha value is -1.07. The maximum Gasteiger partial charge on any atom is 0.389 e. The molecule has 2 nitrogen and oxygen atoms in total. The van der Waals surface area contributed by atoms with Crippen molar-refractivity contribution in [3.05, 3.63) is 35.4 Å². The van der Waals surface area contributed by atoms with Crippen molar-refractivity contribution in [2.24, 2.45) is 5.92 Å². The highest BCUT2D eigenvalue weighted by molar-refractivity contribution is 5.24. The Balaban J connectivity index is 2.30. The minimum atomic E-state index is -4.10. The van der Waals surface area contributed by atoms with E-state index in [1.807, 2.05) is 24.3 Å². The van der Waals surface area contributed by atoms with Crippen LogP contribution in [0.2, 0.25) is 0 Å². The van der Waals surface area contributed by atoms with Gasteiger partial charge in [-0.3, -0.25) is 0 Å². The maximum absolute atomic E-state index is 12.0. The fraction of sp³-hybridized carbons (Fsp3) is 0.625. The van der Waals surface area contributed by atoms with Gasteiger partial charge in [-0.2, -0.15) is 13.2 Å². The third kappa shape index (κ3) is 8.07. The van der Waals surface area contributed by atoms with E-state index in [2.05, 4.69) is 19.2 Å². The molecule has 0 fully saturated rings. The van der Waals surface area contributed by atoms with Gasteiger partial charge in [0.05, 0.1) is 6.10 Å². The first-order valence-electron chi connectivity index (χ1n) is 7.32. The van der Waals surface area contributed by atoms with Crippen LogP contribution in [0.4, 0.5) is 13.2 Å². The number of alkyl halides is 3. The number of halogens is 3. The monoisotopic (exact) mass is 303 g/mol. The standard InChI is InChI=1S/C16H24F3NO/c1-12(2)10-13-4-6-14(7-5-13)15(21)11-20-9-3-8-16(17,18)19/h4-7,12,15,20-21H,3,8-11H2,1-2H3. The third-order valence-corrected chi connectivity index (χ3v) is 3.16. The first-order chi connectivity index (χ1) is 9.78. The van der Waals surface area contributed by atoms with Gasteiger partial charge in [0.2, 0.25) is 0 Å². The van der Waals surface area contributed by atoms with Crippen molar-refractivity contribution in [1.82, 2.24) is 5.32 Å². The molecule has 0 heterocycles. The lowest BCUT2D eigenvalue weighted by Crippen LogP contribution is -2.23. The maximum atomic E-state index is 12.0. The van der Waals surface area contributed by atoms with Gasteiger partial charge in [-0.25, -0.2) is 0 Å². The number of rotatable bonds is 8. The van der Waals surface area contributed by atoms with Crippen molar-refractivity contribution >= 4 is 0 Å². The smallest absolute Gasteiger partial charge is 0.387 e. The third-order valence-electron chi connectivity index (χ3n) is 3.16. The number of aliphatic hydroxyl groups excluding tert-OH is 1. The van der Waals surface area contributed by atoms with Crippen LogP contribution in [-0.2, 0) is 6.42 Å². The van der Waals surface area contributed by atoms with Crippen LogP contribution in [-0.4, -0.2) is 24.4 Å². The van der Waals surface area contributed by atoms with E-state index in [-0.39, 0.29) is 19.5 Å². The van der Waals surface area contributed by atoms with Gasteiger partial charge in [-0.1, -0.05) is 38.1 Å². The second kappa shape index (κ2) is 8.39. The van der Waals surface area contributed by atoms with Crippen molar-refractivity contribution in [3.63, 3.8) is 0 Å². The second-order valence-corrected chi connectivity index (χ2v) is 5.78. The molecule has 0 radical (unpaired) electrons. The van der Waals surface area contributed by atoms with Crippen LogP contribution in [0.5, 0.6) is 0 Å². The molecule has 1 aromatic rings. The summed E-state index contributed by atoms with van der Waals surface area (Å²) in [4.78, 5) is 0. The molecular formula is C16H24F3NO. The van der Waals surface area contributed by atoms with Gasteiger partial charge in [0.15, 0.2) is 0 Å². The Morgan fingerprint density at radius 1 is 1.14 bits per heavy atom. The van der Waals surface area contributed by atoms with Crippen molar-refractivity contribution in [3.8, 4) is 0 Å². The second-order valence-electron chi connectivity index (χ2n) is 5.78. The fourth-order valence-electron chi connectivity index (χ4n) is 2.12. The number of benzene rings is 1. The molecule has 0 spiro atoms. The molecule has 2 N–H and O–H groups in total. The molecule has 0 aliphatic rings. The van der Waals surface area contributed by atoms with Crippen LogP contribution in [0.25, 0.3) is 0 Å². The summed E-state index contributed by atoms with van der Waals surface area (Å²) in [7, 11) is 0. The zero-order chi connectivity index (χ0) is 15.9. The Bertz CT molecular complexity index is 401. The van der Waals surface area contributed by atoms with Crippen LogP contribution in [0.15, 0.2) is 24.3 Å². The molecule has 0 amide bonds. The molecule has 0 aromatic heterocycles. The number of hydrogen-bond acceptors (Lipinski definition) is 2. The molecule has 0 saturated carbocycles. The van der Waals surface area contributed by atoms with E-state index in [1.54, 1.807) is 0 Å². The van der Waals surface area contributed by atoms with Crippen LogP contribution in [0.1, 0.15) is 43.9 Å². The lowest BCUT2D eigenvalue weighted by atomic mass is 10.0. The molecule has 0 saturated heterocycles. The average Bonchev–Trinajstić information content (AvgIpc) is 2.37. The Kier molecular flexibility index (Phi) is 7.18. The Labute approximate surface area is 124 Å². The minimum Gasteiger partial charge on any atom is -0.387 e. The molecule has 0 aliphatic carbocycles. The summed E-state index contributed by atoms with van der Waals surface area (Å²) in [6.45, 7) is 4.81. The molecule has 1 unspecified atom stereocenters. The first-order valence-corrected chi connectivity index (χ1v) is 7.32. The van der Waals surface area contributed by atoms with Gasteiger partial charge in [-0.05, 0) is 36.4 Å². The van der Waals surface area contributed by atoms with E-state index in [1.165, 1.54) is 5.56 Å². The van der Waals surface area contributed by atoms with Crippen molar-refractivity contribution < 1.29 is 18.3 Å². The normalized spacial score (nSPS) is 13.7. The van der Waals surface area contributed by atoms with E-state index in [0.29, 0.717) is 5.92 Å². The topological polar surface area (TPSA) is 32.3 Å². The number of hydrogen-bond donors (Lipinski definition) is 2. The van der Waals surface area contributed by atoms with Crippen LogP contribution in [0.3, 0.4) is 0 Å². The van der Waals surface area contributed by atoms with Gasteiger partial charge in [0.25, 0.3) is 0 Å². The molecular weight excluding hydrogens is 279 g/mol. The van der Waals surface area contributed by atoms with Gasteiger partial charge in [-0.15, -0.1) is 0 Å². The molecule has 1 rings (SSSR count). The lowest BCUT2D eigenvalue weighted by Gasteiger charge is -2.13. The van der Waals surface area contributed by atoms with Crippen LogP contribution in [0, 0.1) is 5.92 Å². The van der Waals surface area contributed by atoms with E-state index in [4.69, 9.17) is 0 Å². The predicted molar refractivity (Wildman–Crippen MR) is 78.1 cm³/mol. The highest BCUT2D eigenvalue weighted by Crippen LogP contribution is 2.21. The largest absolute Gasteiger partial charge is 0.389 e. The zero-order valence-corrected chi connectivity index (χ0v) is 12.6. The molecule has 5 heteroatoms. The molecule has 21 heavy (non-hydrogen) atoms. The van der Waals surface area contributed by atoms with Crippen molar-refractivity contribution in [2.45, 2.75) is 45.4 Å². The zero-order valence-electron chi connectivity index (χ0n) is 12.6. The fourth-order valence-corrected chi connectivity index (χ4v) is 2.12. The van der Waals surface area contributed by atoms with Crippen molar-refractivity contribution in [2.75, 3.05) is 13.1 Å². The summed E-state index contributed by atoms with van der Waals surface area (Å²) < 4.78 is 35.9. The van der Waals surface area contributed by atoms with Gasteiger partial charge >= 0.3 is 6.18 Å².